The molecular formula is C15H19N3O. The molecule has 1 unspecified atom stereocenters. The third-order valence-corrected chi connectivity index (χ3v) is 3.97. The SMILES string of the molecule is Cc1nn(-c2ccc(O)cc2)c2c1CCCC2CN. The van der Waals surface area contributed by atoms with Gasteiger partial charge in [-0.15, -0.1) is 0 Å². The topological polar surface area (TPSA) is 64.1 Å². The summed E-state index contributed by atoms with van der Waals surface area (Å²) in [5.74, 6) is 0.663. The van der Waals surface area contributed by atoms with Crippen molar-refractivity contribution >= 4 is 0 Å². The highest BCUT2D eigenvalue weighted by molar-refractivity contribution is 5.42. The minimum atomic E-state index is 0.275. The summed E-state index contributed by atoms with van der Waals surface area (Å²) >= 11 is 0. The van der Waals surface area contributed by atoms with Gasteiger partial charge in [-0.05, 0) is 56.0 Å². The normalized spacial score (nSPS) is 18.3. The lowest BCUT2D eigenvalue weighted by Crippen LogP contribution is -2.21. The number of hydrogen-bond acceptors (Lipinski definition) is 3. The summed E-state index contributed by atoms with van der Waals surface area (Å²) in [5.41, 5.74) is 10.6. The number of aromatic hydroxyl groups is 1. The van der Waals surface area contributed by atoms with Crippen LogP contribution in [0.15, 0.2) is 24.3 Å². The smallest absolute Gasteiger partial charge is 0.115 e. The summed E-state index contributed by atoms with van der Waals surface area (Å²) in [6.45, 7) is 2.73. The monoisotopic (exact) mass is 257 g/mol. The number of nitrogens with zero attached hydrogens (tertiary/aromatic N) is 2. The fourth-order valence-electron chi connectivity index (χ4n) is 2.99. The van der Waals surface area contributed by atoms with Gasteiger partial charge in [-0.1, -0.05) is 0 Å². The average molecular weight is 257 g/mol. The second-order valence-corrected chi connectivity index (χ2v) is 5.20. The lowest BCUT2D eigenvalue weighted by molar-refractivity contribution is 0.475. The minimum absolute atomic E-state index is 0.275. The summed E-state index contributed by atoms with van der Waals surface area (Å²) in [7, 11) is 0. The van der Waals surface area contributed by atoms with E-state index in [4.69, 9.17) is 5.73 Å². The minimum Gasteiger partial charge on any atom is -0.508 e. The number of benzene rings is 1. The molecule has 100 valence electrons. The third-order valence-electron chi connectivity index (χ3n) is 3.97. The van der Waals surface area contributed by atoms with Gasteiger partial charge in [0, 0.05) is 12.5 Å². The molecule has 0 radical (unpaired) electrons. The zero-order valence-corrected chi connectivity index (χ0v) is 11.1. The predicted molar refractivity (Wildman–Crippen MR) is 74.7 cm³/mol. The fraction of sp³-hybridized carbons (Fsp3) is 0.400. The molecule has 3 N–H and O–H groups in total. The number of hydrogen-bond donors (Lipinski definition) is 2. The zero-order chi connectivity index (χ0) is 13.4. The van der Waals surface area contributed by atoms with E-state index in [0.717, 1.165) is 24.2 Å². The number of phenols is 1. The largest absolute Gasteiger partial charge is 0.508 e. The first-order valence-corrected chi connectivity index (χ1v) is 6.78. The van der Waals surface area contributed by atoms with Crippen molar-refractivity contribution in [3.63, 3.8) is 0 Å². The van der Waals surface area contributed by atoms with Crippen molar-refractivity contribution < 1.29 is 5.11 Å². The molecule has 0 saturated heterocycles. The van der Waals surface area contributed by atoms with Crippen LogP contribution in [0.5, 0.6) is 5.75 Å². The molecule has 4 heteroatoms. The standard InChI is InChI=1S/C15H19N3O/c1-10-14-4-2-3-11(9-16)15(14)18(17-10)12-5-7-13(19)8-6-12/h5-8,11,19H,2-4,9,16H2,1H3. The van der Waals surface area contributed by atoms with Crippen molar-refractivity contribution in [1.82, 2.24) is 9.78 Å². The maximum Gasteiger partial charge on any atom is 0.115 e. The Hall–Kier alpha value is -1.81. The molecule has 0 spiro atoms. The molecule has 3 rings (SSSR count). The Morgan fingerprint density at radius 2 is 2.11 bits per heavy atom. The van der Waals surface area contributed by atoms with Crippen LogP contribution in [0.4, 0.5) is 0 Å². The predicted octanol–water partition coefficient (Wildman–Crippen LogP) is 2.26. The van der Waals surface area contributed by atoms with Crippen molar-refractivity contribution in [2.75, 3.05) is 6.54 Å². The maximum atomic E-state index is 9.40. The fourth-order valence-corrected chi connectivity index (χ4v) is 2.99. The second-order valence-electron chi connectivity index (χ2n) is 5.20. The van der Waals surface area contributed by atoms with E-state index in [1.54, 1.807) is 12.1 Å². The Morgan fingerprint density at radius 3 is 2.79 bits per heavy atom. The van der Waals surface area contributed by atoms with Crippen molar-refractivity contribution in [3.05, 3.63) is 41.2 Å². The second kappa shape index (κ2) is 4.70. The van der Waals surface area contributed by atoms with E-state index < -0.39 is 0 Å². The lowest BCUT2D eigenvalue weighted by atomic mass is 9.86. The van der Waals surface area contributed by atoms with Gasteiger partial charge in [0.05, 0.1) is 17.1 Å². The van der Waals surface area contributed by atoms with E-state index in [2.05, 4.69) is 12.0 Å². The highest BCUT2D eigenvalue weighted by Gasteiger charge is 2.26. The van der Waals surface area contributed by atoms with E-state index in [-0.39, 0.29) is 5.75 Å². The highest BCUT2D eigenvalue weighted by Crippen LogP contribution is 2.34. The molecule has 4 nitrogen and oxygen atoms in total. The van der Waals surface area contributed by atoms with E-state index in [0.29, 0.717) is 12.5 Å². The summed E-state index contributed by atoms with van der Waals surface area (Å²) in [6, 6.07) is 7.17. The van der Waals surface area contributed by atoms with E-state index in [1.165, 1.54) is 17.7 Å². The number of aromatic nitrogens is 2. The molecular weight excluding hydrogens is 238 g/mol. The van der Waals surface area contributed by atoms with Gasteiger partial charge in [0.25, 0.3) is 0 Å². The van der Waals surface area contributed by atoms with Gasteiger partial charge < -0.3 is 10.8 Å². The number of rotatable bonds is 2. The molecule has 1 atom stereocenters. The number of phenolic OH excluding ortho intramolecular Hbond substituents is 1. The Balaban J connectivity index is 2.14. The van der Waals surface area contributed by atoms with Crippen molar-refractivity contribution in [2.45, 2.75) is 32.1 Å². The Morgan fingerprint density at radius 1 is 1.37 bits per heavy atom. The number of nitrogens with two attached hydrogens (primary N) is 1. The summed E-state index contributed by atoms with van der Waals surface area (Å²) in [5, 5.41) is 14.1. The van der Waals surface area contributed by atoms with Crippen molar-refractivity contribution in [2.24, 2.45) is 5.73 Å². The molecule has 19 heavy (non-hydrogen) atoms. The van der Waals surface area contributed by atoms with Gasteiger partial charge in [0.1, 0.15) is 5.75 Å². The van der Waals surface area contributed by atoms with Crippen molar-refractivity contribution in [3.8, 4) is 11.4 Å². The third kappa shape index (κ3) is 2.02. The summed E-state index contributed by atoms with van der Waals surface area (Å²) < 4.78 is 2.00. The Kier molecular flexibility index (Phi) is 3.03. The molecule has 1 aliphatic carbocycles. The molecule has 2 aromatic rings. The van der Waals surface area contributed by atoms with Gasteiger partial charge in [-0.25, -0.2) is 4.68 Å². The molecule has 1 aliphatic rings. The van der Waals surface area contributed by atoms with Gasteiger partial charge in [-0.2, -0.15) is 5.10 Å². The molecule has 0 saturated carbocycles. The number of aryl methyl sites for hydroxylation is 1. The van der Waals surface area contributed by atoms with E-state index >= 15 is 0 Å². The van der Waals surface area contributed by atoms with Crippen LogP contribution in [0.2, 0.25) is 0 Å². The first kappa shape index (κ1) is 12.2. The van der Waals surface area contributed by atoms with Crippen LogP contribution < -0.4 is 5.73 Å². The molecule has 0 fully saturated rings. The van der Waals surface area contributed by atoms with Crippen LogP contribution in [0, 0.1) is 6.92 Å². The Bertz CT molecular complexity index is 586. The highest BCUT2D eigenvalue weighted by atomic mass is 16.3. The van der Waals surface area contributed by atoms with Crippen LogP contribution in [-0.2, 0) is 6.42 Å². The van der Waals surface area contributed by atoms with E-state index in [9.17, 15) is 5.11 Å². The van der Waals surface area contributed by atoms with Gasteiger partial charge in [0.15, 0.2) is 0 Å². The Labute approximate surface area is 112 Å². The molecule has 0 amide bonds. The van der Waals surface area contributed by atoms with Gasteiger partial charge in [0.2, 0.25) is 0 Å². The molecule has 1 aromatic heterocycles. The average Bonchev–Trinajstić information content (AvgIpc) is 2.77. The molecule has 0 bridgehead atoms. The van der Waals surface area contributed by atoms with E-state index in [1.807, 2.05) is 16.8 Å². The zero-order valence-electron chi connectivity index (χ0n) is 11.1. The maximum absolute atomic E-state index is 9.40. The summed E-state index contributed by atoms with van der Waals surface area (Å²) in [4.78, 5) is 0. The van der Waals surface area contributed by atoms with Crippen LogP contribution >= 0.6 is 0 Å². The van der Waals surface area contributed by atoms with Crippen molar-refractivity contribution in [1.29, 1.82) is 0 Å². The molecule has 1 heterocycles. The molecule has 1 aromatic carbocycles. The number of fused-ring (bicyclic) bond motifs is 1. The van der Waals surface area contributed by atoms with Crippen LogP contribution in [0.3, 0.4) is 0 Å². The van der Waals surface area contributed by atoms with Gasteiger partial charge >= 0.3 is 0 Å². The first-order valence-electron chi connectivity index (χ1n) is 6.78. The van der Waals surface area contributed by atoms with Crippen LogP contribution in [0.1, 0.15) is 35.7 Å². The molecule has 0 aliphatic heterocycles. The lowest BCUT2D eigenvalue weighted by Gasteiger charge is -2.23. The first-order chi connectivity index (χ1) is 9.20. The van der Waals surface area contributed by atoms with Crippen LogP contribution in [0.25, 0.3) is 5.69 Å². The summed E-state index contributed by atoms with van der Waals surface area (Å²) in [6.07, 6.45) is 3.42. The van der Waals surface area contributed by atoms with Gasteiger partial charge in [-0.3, -0.25) is 0 Å². The quantitative estimate of drug-likeness (QED) is 0.867. The van der Waals surface area contributed by atoms with Crippen LogP contribution in [-0.4, -0.2) is 21.4 Å².